The first-order valence-corrected chi connectivity index (χ1v) is 4.57. The van der Waals surface area contributed by atoms with Crippen LogP contribution in [0, 0.1) is 0 Å². The number of hydrogen-bond donors (Lipinski definition) is 3. The van der Waals surface area contributed by atoms with Crippen LogP contribution in [-0.4, -0.2) is 40.8 Å². The first kappa shape index (κ1) is 11.6. The molecule has 2 unspecified atom stereocenters. The van der Waals surface area contributed by atoms with Crippen LogP contribution >= 0.6 is 0 Å². The number of H-pyrrole nitrogens is 1. The summed E-state index contributed by atoms with van der Waals surface area (Å²) in [5, 5.41) is 9.07. The van der Waals surface area contributed by atoms with Crippen LogP contribution in [0.5, 0.6) is 0 Å². The Bertz CT molecular complexity index is 296. The molecule has 84 valence electrons. The number of aromatic nitrogens is 3. The average Bonchev–Trinajstić information content (AvgIpc) is 2.72. The van der Waals surface area contributed by atoms with Crippen LogP contribution in [0.1, 0.15) is 18.8 Å². The number of rotatable bonds is 5. The second kappa shape index (κ2) is 5.42. The molecule has 1 heterocycles. The van der Waals surface area contributed by atoms with E-state index in [9.17, 15) is 4.79 Å². The molecule has 0 aliphatic carbocycles. The molecule has 4 N–H and O–H groups in total. The number of ether oxygens (including phenoxy) is 1. The van der Waals surface area contributed by atoms with Gasteiger partial charge in [-0.15, -0.1) is 0 Å². The molecule has 0 aliphatic rings. The van der Waals surface area contributed by atoms with Crippen LogP contribution in [0.3, 0.4) is 0 Å². The average molecular weight is 213 g/mol. The van der Waals surface area contributed by atoms with Gasteiger partial charge >= 0.3 is 0 Å². The molecule has 15 heavy (non-hydrogen) atoms. The van der Waals surface area contributed by atoms with Crippen molar-refractivity contribution in [2.24, 2.45) is 5.73 Å². The van der Waals surface area contributed by atoms with Crippen LogP contribution in [-0.2, 0) is 9.53 Å². The third kappa shape index (κ3) is 3.00. The largest absolute Gasteiger partial charge is 0.370 e. The summed E-state index contributed by atoms with van der Waals surface area (Å²) in [6.07, 6.45) is 0.754. The van der Waals surface area contributed by atoms with E-state index in [2.05, 4.69) is 20.5 Å². The monoisotopic (exact) mass is 213 g/mol. The first-order chi connectivity index (χ1) is 7.19. The third-order valence-electron chi connectivity index (χ3n) is 1.99. The van der Waals surface area contributed by atoms with Crippen molar-refractivity contribution >= 4 is 5.91 Å². The zero-order valence-electron chi connectivity index (χ0n) is 8.73. The number of hydrogen-bond acceptors (Lipinski definition) is 5. The molecule has 0 saturated carbocycles. The van der Waals surface area contributed by atoms with Gasteiger partial charge in [0.15, 0.2) is 0 Å². The van der Waals surface area contributed by atoms with Gasteiger partial charge in [-0.2, -0.15) is 5.10 Å². The molecule has 1 rings (SSSR count). The normalized spacial score (nSPS) is 14.6. The highest BCUT2D eigenvalue weighted by Gasteiger charge is 2.19. The third-order valence-corrected chi connectivity index (χ3v) is 1.99. The van der Waals surface area contributed by atoms with E-state index in [1.165, 1.54) is 13.4 Å². The van der Waals surface area contributed by atoms with Gasteiger partial charge in [0.2, 0.25) is 0 Å². The van der Waals surface area contributed by atoms with Gasteiger partial charge in [-0.1, -0.05) is 0 Å². The molecule has 7 heteroatoms. The fourth-order valence-corrected chi connectivity index (χ4v) is 1.11. The van der Waals surface area contributed by atoms with Crippen LogP contribution in [0.2, 0.25) is 0 Å². The molecule has 1 aromatic rings. The van der Waals surface area contributed by atoms with Crippen molar-refractivity contribution < 1.29 is 9.53 Å². The second-order valence-corrected chi connectivity index (χ2v) is 3.06. The standard InChI is InChI=1S/C8H15N5O2/c1-5(7-10-4-11-13-7)12-8(14)6(3-9)15-2/h4-6H,3,9H2,1-2H3,(H,12,14)(H,10,11,13). The summed E-state index contributed by atoms with van der Waals surface area (Å²) in [6.45, 7) is 1.94. The molecule has 1 amide bonds. The minimum Gasteiger partial charge on any atom is -0.370 e. The zero-order chi connectivity index (χ0) is 11.3. The Morgan fingerprint density at radius 3 is 3.00 bits per heavy atom. The zero-order valence-corrected chi connectivity index (χ0v) is 8.73. The van der Waals surface area contributed by atoms with Gasteiger partial charge in [-0.05, 0) is 6.92 Å². The topological polar surface area (TPSA) is 106 Å². The van der Waals surface area contributed by atoms with Gasteiger partial charge in [0.1, 0.15) is 18.3 Å². The molecule has 1 aromatic heterocycles. The lowest BCUT2D eigenvalue weighted by Crippen LogP contribution is -2.41. The summed E-state index contributed by atoms with van der Waals surface area (Å²) < 4.78 is 4.90. The highest BCUT2D eigenvalue weighted by molar-refractivity contribution is 5.81. The predicted octanol–water partition coefficient (Wildman–Crippen LogP) is -1.04. The Labute approximate surface area is 87.4 Å². The van der Waals surface area contributed by atoms with Crippen molar-refractivity contribution in [1.29, 1.82) is 0 Å². The van der Waals surface area contributed by atoms with E-state index >= 15 is 0 Å². The SMILES string of the molecule is COC(CN)C(=O)NC(C)c1ncn[nH]1. The molecule has 0 saturated heterocycles. The maximum absolute atomic E-state index is 11.5. The van der Waals surface area contributed by atoms with E-state index in [-0.39, 0.29) is 18.5 Å². The summed E-state index contributed by atoms with van der Waals surface area (Å²) >= 11 is 0. The summed E-state index contributed by atoms with van der Waals surface area (Å²) in [6, 6.07) is -0.246. The van der Waals surface area contributed by atoms with Crippen molar-refractivity contribution in [1.82, 2.24) is 20.5 Å². The van der Waals surface area contributed by atoms with Crippen molar-refractivity contribution in [2.45, 2.75) is 19.1 Å². The number of carbonyl (C=O) groups is 1. The van der Waals surface area contributed by atoms with E-state index in [1.54, 1.807) is 6.92 Å². The number of nitrogens with zero attached hydrogens (tertiary/aromatic N) is 2. The van der Waals surface area contributed by atoms with Gasteiger partial charge in [0, 0.05) is 13.7 Å². The lowest BCUT2D eigenvalue weighted by molar-refractivity contribution is -0.131. The van der Waals surface area contributed by atoms with E-state index < -0.39 is 6.10 Å². The number of aromatic amines is 1. The fraction of sp³-hybridized carbons (Fsp3) is 0.625. The van der Waals surface area contributed by atoms with Gasteiger partial charge in [0.05, 0.1) is 6.04 Å². The highest BCUT2D eigenvalue weighted by Crippen LogP contribution is 2.04. The molecule has 7 nitrogen and oxygen atoms in total. The Morgan fingerprint density at radius 1 is 1.80 bits per heavy atom. The van der Waals surface area contributed by atoms with Crippen LogP contribution in [0.25, 0.3) is 0 Å². The minimum absolute atomic E-state index is 0.144. The molecular formula is C8H15N5O2. The van der Waals surface area contributed by atoms with E-state index in [1.807, 2.05) is 0 Å². The molecule has 0 bridgehead atoms. The Kier molecular flexibility index (Phi) is 4.19. The van der Waals surface area contributed by atoms with Crippen LogP contribution in [0.4, 0.5) is 0 Å². The van der Waals surface area contributed by atoms with Crippen LogP contribution in [0.15, 0.2) is 6.33 Å². The Balaban J connectivity index is 2.51. The minimum atomic E-state index is -0.629. The molecule has 0 fully saturated rings. The molecule has 0 aromatic carbocycles. The van der Waals surface area contributed by atoms with Crippen molar-refractivity contribution in [3.05, 3.63) is 12.2 Å². The quantitative estimate of drug-likeness (QED) is 0.579. The van der Waals surface area contributed by atoms with E-state index in [0.717, 1.165) is 0 Å². The van der Waals surface area contributed by atoms with Crippen molar-refractivity contribution in [3.63, 3.8) is 0 Å². The summed E-state index contributed by atoms with van der Waals surface area (Å²) in [4.78, 5) is 15.5. The Morgan fingerprint density at radius 2 is 2.53 bits per heavy atom. The lowest BCUT2D eigenvalue weighted by atomic mass is 10.2. The molecule has 0 spiro atoms. The molecule has 0 radical (unpaired) electrons. The maximum atomic E-state index is 11.5. The highest BCUT2D eigenvalue weighted by atomic mass is 16.5. The molecule has 0 aliphatic heterocycles. The summed E-state index contributed by atoms with van der Waals surface area (Å²) in [5.41, 5.74) is 5.36. The lowest BCUT2D eigenvalue weighted by Gasteiger charge is -2.16. The van der Waals surface area contributed by atoms with E-state index in [0.29, 0.717) is 5.82 Å². The number of amides is 1. The van der Waals surface area contributed by atoms with Gasteiger partial charge in [-0.25, -0.2) is 4.98 Å². The second-order valence-electron chi connectivity index (χ2n) is 3.06. The number of carbonyl (C=O) groups excluding carboxylic acids is 1. The molecular weight excluding hydrogens is 198 g/mol. The summed E-state index contributed by atoms with van der Waals surface area (Å²) in [7, 11) is 1.44. The Hall–Kier alpha value is -1.47. The molecule has 2 atom stereocenters. The van der Waals surface area contributed by atoms with E-state index in [4.69, 9.17) is 10.5 Å². The van der Waals surface area contributed by atoms with Gasteiger partial charge < -0.3 is 15.8 Å². The summed E-state index contributed by atoms with van der Waals surface area (Å²) in [5.74, 6) is 0.333. The fourth-order valence-electron chi connectivity index (χ4n) is 1.11. The predicted molar refractivity (Wildman–Crippen MR) is 52.8 cm³/mol. The van der Waals surface area contributed by atoms with Gasteiger partial charge in [0.25, 0.3) is 5.91 Å². The number of methoxy groups -OCH3 is 1. The first-order valence-electron chi connectivity index (χ1n) is 4.57. The number of nitrogens with two attached hydrogens (primary N) is 1. The van der Waals surface area contributed by atoms with Gasteiger partial charge in [-0.3, -0.25) is 9.89 Å². The van der Waals surface area contributed by atoms with Crippen molar-refractivity contribution in [3.8, 4) is 0 Å². The van der Waals surface area contributed by atoms with Crippen molar-refractivity contribution in [2.75, 3.05) is 13.7 Å². The smallest absolute Gasteiger partial charge is 0.251 e. The maximum Gasteiger partial charge on any atom is 0.251 e. The van der Waals surface area contributed by atoms with Crippen LogP contribution < -0.4 is 11.1 Å². The number of nitrogens with one attached hydrogen (secondary N) is 2.